The summed E-state index contributed by atoms with van der Waals surface area (Å²) in [6, 6.07) is 9.36. The average Bonchev–Trinajstić information content (AvgIpc) is 3.18. The van der Waals surface area contributed by atoms with Crippen LogP contribution in [0, 0.1) is 5.92 Å². The minimum Gasteiger partial charge on any atom is -0.314 e. The third-order valence-electron chi connectivity index (χ3n) is 3.84. The van der Waals surface area contributed by atoms with E-state index in [2.05, 4.69) is 50.4 Å². The van der Waals surface area contributed by atoms with Gasteiger partial charge in [0.2, 0.25) is 0 Å². The Hall–Kier alpha value is 0.200. The van der Waals surface area contributed by atoms with E-state index in [-0.39, 0.29) is 24.8 Å². The molecule has 0 radical (unpaired) electrons. The molecule has 1 atom stereocenters. The molecule has 5 heteroatoms. The Labute approximate surface area is 136 Å². The fraction of sp³-hybridized carbons (Fsp3) is 0.571. The minimum atomic E-state index is 0. The Bertz CT molecular complexity index is 393. The van der Waals surface area contributed by atoms with Crippen LogP contribution in [0.25, 0.3) is 0 Å². The monoisotopic (exact) mass is 366 g/mol. The molecule has 1 aliphatic carbocycles. The Morgan fingerprint density at radius 3 is 2.32 bits per heavy atom. The zero-order valence-electron chi connectivity index (χ0n) is 10.8. The highest BCUT2D eigenvalue weighted by Crippen LogP contribution is 2.46. The molecule has 1 saturated carbocycles. The Morgan fingerprint density at radius 2 is 1.74 bits per heavy atom. The molecule has 0 unspecified atom stereocenters. The molecule has 1 N–H and O–H groups in total. The van der Waals surface area contributed by atoms with E-state index in [1.165, 1.54) is 36.0 Å². The van der Waals surface area contributed by atoms with Gasteiger partial charge in [-0.1, -0.05) is 34.1 Å². The topological polar surface area (TPSA) is 15.3 Å². The second-order valence-electron chi connectivity index (χ2n) is 5.09. The maximum absolute atomic E-state index is 3.72. The lowest BCUT2D eigenvalue weighted by molar-refractivity contribution is 0.155. The van der Waals surface area contributed by atoms with Crippen molar-refractivity contribution in [2.24, 2.45) is 5.92 Å². The van der Waals surface area contributed by atoms with Crippen LogP contribution in [-0.2, 0) is 0 Å². The number of benzene rings is 1. The van der Waals surface area contributed by atoms with E-state index < -0.39 is 0 Å². The highest BCUT2D eigenvalue weighted by molar-refractivity contribution is 9.10. The van der Waals surface area contributed by atoms with Crippen LogP contribution in [0.4, 0.5) is 0 Å². The second kappa shape index (κ2) is 7.84. The second-order valence-corrected chi connectivity index (χ2v) is 5.94. The molecule has 108 valence electrons. The molecule has 2 nitrogen and oxygen atoms in total. The molecule has 0 aromatic heterocycles. The summed E-state index contributed by atoms with van der Waals surface area (Å²) in [6.07, 6.45) is 2.80. The summed E-state index contributed by atoms with van der Waals surface area (Å²) in [4.78, 5) is 2.66. The highest BCUT2D eigenvalue weighted by Gasteiger charge is 2.37. The lowest BCUT2D eigenvalue weighted by Gasteiger charge is -2.36. The van der Waals surface area contributed by atoms with Gasteiger partial charge in [-0.25, -0.2) is 0 Å². The number of hydrogen-bond acceptors (Lipinski definition) is 2. The summed E-state index contributed by atoms with van der Waals surface area (Å²) in [5.41, 5.74) is 1.48. The van der Waals surface area contributed by atoms with E-state index in [0.717, 1.165) is 19.0 Å². The predicted molar refractivity (Wildman–Crippen MR) is 88.5 cm³/mol. The number of piperazine rings is 1. The first-order chi connectivity index (χ1) is 8.36. The van der Waals surface area contributed by atoms with E-state index in [1.54, 1.807) is 0 Å². The molecule has 19 heavy (non-hydrogen) atoms. The van der Waals surface area contributed by atoms with Crippen molar-refractivity contribution in [3.8, 4) is 0 Å². The van der Waals surface area contributed by atoms with Crippen LogP contribution in [0.15, 0.2) is 28.7 Å². The molecule has 0 bridgehead atoms. The predicted octanol–water partition coefficient (Wildman–Crippen LogP) is 3.65. The summed E-state index contributed by atoms with van der Waals surface area (Å²) >= 11 is 3.72. The standard InChI is InChI=1S/C14H19BrN2.2ClH/c15-13-4-2-1-3-12(13)14(11-5-6-11)17-9-7-16-8-10-17;;/h1-4,11,14,16H,5-10H2;2*1H/t14-;;/m0../s1. The van der Waals surface area contributed by atoms with Gasteiger partial charge in [-0.15, -0.1) is 24.8 Å². The fourth-order valence-electron chi connectivity index (χ4n) is 2.84. The first-order valence-electron chi connectivity index (χ1n) is 6.55. The van der Waals surface area contributed by atoms with Crippen LogP contribution in [0.2, 0.25) is 0 Å². The van der Waals surface area contributed by atoms with Crippen LogP contribution in [0.3, 0.4) is 0 Å². The zero-order valence-corrected chi connectivity index (χ0v) is 14.1. The third-order valence-corrected chi connectivity index (χ3v) is 4.56. The van der Waals surface area contributed by atoms with Gasteiger partial charge in [0.1, 0.15) is 0 Å². The number of nitrogens with one attached hydrogen (secondary N) is 1. The van der Waals surface area contributed by atoms with E-state index in [1.807, 2.05) is 0 Å². The Balaban J connectivity index is 0.000000902. The molecule has 2 aliphatic rings. The van der Waals surface area contributed by atoms with Crippen LogP contribution >= 0.6 is 40.7 Å². The van der Waals surface area contributed by atoms with Crippen molar-refractivity contribution in [2.75, 3.05) is 26.2 Å². The molecule has 1 aliphatic heterocycles. The lowest BCUT2D eigenvalue weighted by atomic mass is 10.00. The summed E-state index contributed by atoms with van der Waals surface area (Å²) in [7, 11) is 0. The van der Waals surface area contributed by atoms with Crippen molar-refractivity contribution in [3.05, 3.63) is 34.3 Å². The van der Waals surface area contributed by atoms with Gasteiger partial charge in [0.15, 0.2) is 0 Å². The molecular weight excluding hydrogens is 347 g/mol. The molecule has 2 fully saturated rings. The van der Waals surface area contributed by atoms with Crippen molar-refractivity contribution < 1.29 is 0 Å². The van der Waals surface area contributed by atoms with Gasteiger partial charge in [0, 0.05) is 36.7 Å². The third kappa shape index (κ3) is 4.08. The smallest absolute Gasteiger partial charge is 0.0388 e. The van der Waals surface area contributed by atoms with Gasteiger partial charge in [-0.2, -0.15) is 0 Å². The molecular formula is C14H21BrCl2N2. The maximum Gasteiger partial charge on any atom is 0.0388 e. The Kier molecular flexibility index (Phi) is 7.12. The normalized spacial score (nSPS) is 21.1. The number of nitrogens with zero attached hydrogens (tertiary/aromatic N) is 1. The van der Waals surface area contributed by atoms with Crippen LogP contribution in [-0.4, -0.2) is 31.1 Å². The van der Waals surface area contributed by atoms with Gasteiger partial charge in [-0.3, -0.25) is 4.90 Å². The van der Waals surface area contributed by atoms with Gasteiger partial charge in [-0.05, 0) is 30.4 Å². The van der Waals surface area contributed by atoms with Gasteiger partial charge >= 0.3 is 0 Å². The lowest BCUT2D eigenvalue weighted by Crippen LogP contribution is -2.45. The minimum absolute atomic E-state index is 0. The number of rotatable bonds is 3. The van der Waals surface area contributed by atoms with Crippen molar-refractivity contribution in [1.29, 1.82) is 0 Å². The SMILES string of the molecule is Brc1ccccc1[C@H](C1CC1)N1CCNCC1.Cl.Cl. The van der Waals surface area contributed by atoms with Gasteiger partial charge in [0.05, 0.1) is 0 Å². The number of hydrogen-bond donors (Lipinski definition) is 1. The molecule has 1 heterocycles. The largest absolute Gasteiger partial charge is 0.314 e. The molecule has 0 amide bonds. The van der Waals surface area contributed by atoms with Crippen molar-refractivity contribution in [2.45, 2.75) is 18.9 Å². The van der Waals surface area contributed by atoms with E-state index in [9.17, 15) is 0 Å². The fourth-order valence-corrected chi connectivity index (χ4v) is 3.36. The van der Waals surface area contributed by atoms with Gasteiger partial charge in [0.25, 0.3) is 0 Å². The van der Waals surface area contributed by atoms with E-state index >= 15 is 0 Å². The number of halogens is 3. The first-order valence-corrected chi connectivity index (χ1v) is 7.35. The van der Waals surface area contributed by atoms with Gasteiger partial charge < -0.3 is 5.32 Å². The quantitative estimate of drug-likeness (QED) is 0.877. The summed E-state index contributed by atoms with van der Waals surface area (Å²) in [5.74, 6) is 0.881. The molecule has 0 spiro atoms. The van der Waals surface area contributed by atoms with E-state index in [4.69, 9.17) is 0 Å². The zero-order chi connectivity index (χ0) is 11.7. The average molecular weight is 368 g/mol. The summed E-state index contributed by atoms with van der Waals surface area (Å²) in [6.45, 7) is 4.63. The van der Waals surface area contributed by atoms with Crippen LogP contribution < -0.4 is 5.32 Å². The summed E-state index contributed by atoms with van der Waals surface area (Å²) in [5, 5.41) is 3.44. The highest BCUT2D eigenvalue weighted by atomic mass is 79.9. The maximum atomic E-state index is 3.72. The van der Waals surface area contributed by atoms with Crippen molar-refractivity contribution in [1.82, 2.24) is 10.2 Å². The van der Waals surface area contributed by atoms with E-state index in [0.29, 0.717) is 6.04 Å². The van der Waals surface area contributed by atoms with Crippen molar-refractivity contribution >= 4 is 40.7 Å². The van der Waals surface area contributed by atoms with Crippen LogP contribution in [0.5, 0.6) is 0 Å². The van der Waals surface area contributed by atoms with Crippen molar-refractivity contribution in [3.63, 3.8) is 0 Å². The summed E-state index contributed by atoms with van der Waals surface area (Å²) < 4.78 is 1.27. The molecule has 3 rings (SSSR count). The Morgan fingerprint density at radius 1 is 1.11 bits per heavy atom. The molecule has 1 aromatic carbocycles. The molecule has 1 saturated heterocycles. The molecule has 1 aromatic rings. The van der Waals surface area contributed by atoms with Crippen LogP contribution in [0.1, 0.15) is 24.4 Å². The first kappa shape index (κ1) is 17.3.